The van der Waals surface area contributed by atoms with E-state index in [0.717, 1.165) is 16.6 Å². The predicted octanol–water partition coefficient (Wildman–Crippen LogP) is 4.19. The van der Waals surface area contributed by atoms with E-state index in [2.05, 4.69) is 35.1 Å². The van der Waals surface area contributed by atoms with Gasteiger partial charge < -0.3 is 11.1 Å². The monoisotopic (exact) mass is 346 g/mol. The molecule has 1 atom stereocenters. The van der Waals surface area contributed by atoms with Crippen molar-refractivity contribution in [1.29, 1.82) is 0 Å². The van der Waals surface area contributed by atoms with Crippen molar-refractivity contribution in [2.24, 2.45) is 11.7 Å². The number of hydrogen-bond acceptors (Lipinski definition) is 2. The Morgan fingerprint density at radius 3 is 2.63 bits per heavy atom. The zero-order chi connectivity index (χ0) is 14.6. The average Bonchev–Trinajstić information content (AvgIpc) is 2.31. The summed E-state index contributed by atoms with van der Waals surface area (Å²) in [5, 5.41) is 3.85. The molecule has 0 aliphatic rings. The van der Waals surface area contributed by atoms with Crippen LogP contribution in [0.4, 0.5) is 5.69 Å². The van der Waals surface area contributed by atoms with E-state index in [-0.39, 0.29) is 5.91 Å². The third-order valence-corrected chi connectivity index (χ3v) is 4.32. The van der Waals surface area contributed by atoms with Crippen molar-refractivity contribution in [2.45, 2.75) is 39.2 Å². The summed E-state index contributed by atoms with van der Waals surface area (Å²) in [6, 6.07) is 5.46. The highest BCUT2D eigenvalue weighted by molar-refractivity contribution is 9.10. The summed E-state index contributed by atoms with van der Waals surface area (Å²) in [6.07, 6.45) is 1.63. The highest BCUT2D eigenvalue weighted by atomic mass is 79.9. The number of rotatable bonds is 6. The van der Waals surface area contributed by atoms with Gasteiger partial charge in [-0.15, -0.1) is 0 Å². The van der Waals surface area contributed by atoms with Crippen LogP contribution in [0.2, 0.25) is 5.02 Å². The van der Waals surface area contributed by atoms with Crippen molar-refractivity contribution in [3.05, 3.63) is 27.7 Å². The molecule has 1 rings (SSSR count). The number of benzene rings is 1. The second-order valence-corrected chi connectivity index (χ2v) is 6.64. The van der Waals surface area contributed by atoms with Gasteiger partial charge >= 0.3 is 0 Å². The fourth-order valence-corrected chi connectivity index (χ4v) is 2.21. The SMILES string of the molecule is CC(C)CCC(C)(Nc1ccc(Cl)c(Br)c1)C(N)=O. The summed E-state index contributed by atoms with van der Waals surface area (Å²) >= 11 is 9.32. The first-order chi connectivity index (χ1) is 8.74. The maximum Gasteiger partial charge on any atom is 0.242 e. The van der Waals surface area contributed by atoms with E-state index >= 15 is 0 Å². The molecule has 0 saturated heterocycles. The Bertz CT molecular complexity index is 465. The van der Waals surface area contributed by atoms with Crippen LogP contribution in [-0.2, 0) is 4.79 Å². The number of primary amides is 1. The summed E-state index contributed by atoms with van der Waals surface area (Å²) in [5.41, 5.74) is 5.60. The topological polar surface area (TPSA) is 55.1 Å². The Balaban J connectivity index is 2.88. The van der Waals surface area contributed by atoms with Gasteiger partial charge in [-0.2, -0.15) is 0 Å². The molecule has 1 aromatic rings. The van der Waals surface area contributed by atoms with Crippen LogP contribution in [0.25, 0.3) is 0 Å². The van der Waals surface area contributed by atoms with Crippen molar-refractivity contribution in [2.75, 3.05) is 5.32 Å². The van der Waals surface area contributed by atoms with Crippen LogP contribution in [0.3, 0.4) is 0 Å². The summed E-state index contributed by atoms with van der Waals surface area (Å²) < 4.78 is 0.787. The van der Waals surface area contributed by atoms with E-state index in [0.29, 0.717) is 17.4 Å². The molecular formula is C14H20BrClN2O. The lowest BCUT2D eigenvalue weighted by molar-refractivity contribution is -0.122. The molecule has 0 aliphatic heterocycles. The fourth-order valence-electron chi connectivity index (χ4n) is 1.72. The van der Waals surface area contributed by atoms with Crippen LogP contribution in [0.5, 0.6) is 0 Å². The Morgan fingerprint density at radius 1 is 1.53 bits per heavy atom. The fraction of sp³-hybridized carbons (Fsp3) is 0.500. The van der Waals surface area contributed by atoms with E-state index < -0.39 is 5.54 Å². The first kappa shape index (κ1) is 16.3. The summed E-state index contributed by atoms with van der Waals surface area (Å²) in [7, 11) is 0. The molecule has 5 heteroatoms. The van der Waals surface area contributed by atoms with Crippen LogP contribution in [-0.4, -0.2) is 11.4 Å². The van der Waals surface area contributed by atoms with Gasteiger partial charge in [-0.1, -0.05) is 25.4 Å². The molecule has 0 fully saturated rings. The average molecular weight is 348 g/mol. The van der Waals surface area contributed by atoms with Crippen molar-refractivity contribution >= 4 is 39.1 Å². The van der Waals surface area contributed by atoms with Gasteiger partial charge in [0.2, 0.25) is 5.91 Å². The summed E-state index contributed by atoms with van der Waals surface area (Å²) in [6.45, 7) is 6.08. The number of nitrogens with two attached hydrogens (primary N) is 1. The molecule has 0 aromatic heterocycles. The molecule has 19 heavy (non-hydrogen) atoms. The molecule has 0 radical (unpaired) electrons. The standard InChI is InChI=1S/C14H20BrClN2O/c1-9(2)6-7-14(3,13(17)19)18-10-4-5-12(16)11(15)8-10/h4-5,8-9,18H,6-7H2,1-3H3,(H2,17,19). The van der Waals surface area contributed by atoms with Crippen molar-refractivity contribution in [3.8, 4) is 0 Å². The number of amides is 1. The second kappa shape index (κ2) is 6.62. The lowest BCUT2D eigenvalue weighted by Crippen LogP contribution is -2.48. The van der Waals surface area contributed by atoms with Crippen molar-refractivity contribution in [1.82, 2.24) is 0 Å². The molecule has 1 amide bonds. The van der Waals surface area contributed by atoms with Gasteiger partial charge in [-0.05, 0) is 59.8 Å². The van der Waals surface area contributed by atoms with Gasteiger partial charge in [-0.3, -0.25) is 4.79 Å². The lowest BCUT2D eigenvalue weighted by Gasteiger charge is -2.29. The molecule has 0 saturated carbocycles. The maximum absolute atomic E-state index is 11.7. The highest BCUT2D eigenvalue weighted by Gasteiger charge is 2.30. The van der Waals surface area contributed by atoms with E-state index in [1.807, 2.05) is 19.1 Å². The smallest absolute Gasteiger partial charge is 0.242 e. The number of hydrogen-bond donors (Lipinski definition) is 2. The van der Waals surface area contributed by atoms with Gasteiger partial charge in [0, 0.05) is 10.2 Å². The van der Waals surface area contributed by atoms with Crippen LogP contribution in [0.1, 0.15) is 33.6 Å². The van der Waals surface area contributed by atoms with Crippen LogP contribution >= 0.6 is 27.5 Å². The Labute approximate surface area is 128 Å². The molecule has 106 valence electrons. The van der Waals surface area contributed by atoms with E-state index in [9.17, 15) is 4.79 Å². The quantitative estimate of drug-likeness (QED) is 0.810. The van der Waals surface area contributed by atoms with Gasteiger partial charge in [-0.25, -0.2) is 0 Å². The zero-order valence-electron chi connectivity index (χ0n) is 11.5. The van der Waals surface area contributed by atoms with Crippen LogP contribution < -0.4 is 11.1 Å². The maximum atomic E-state index is 11.7. The molecule has 0 aliphatic carbocycles. The van der Waals surface area contributed by atoms with Crippen LogP contribution in [0, 0.1) is 5.92 Å². The predicted molar refractivity (Wildman–Crippen MR) is 84.4 cm³/mol. The lowest BCUT2D eigenvalue weighted by atomic mass is 9.91. The van der Waals surface area contributed by atoms with E-state index in [1.54, 1.807) is 6.07 Å². The molecule has 3 N–H and O–H groups in total. The minimum atomic E-state index is -0.752. The van der Waals surface area contributed by atoms with Crippen molar-refractivity contribution in [3.63, 3.8) is 0 Å². The first-order valence-corrected chi connectivity index (χ1v) is 7.45. The number of anilines is 1. The van der Waals surface area contributed by atoms with E-state index in [4.69, 9.17) is 17.3 Å². The summed E-state index contributed by atoms with van der Waals surface area (Å²) in [4.78, 5) is 11.7. The molecule has 1 aromatic carbocycles. The number of nitrogens with one attached hydrogen (secondary N) is 1. The van der Waals surface area contributed by atoms with Crippen molar-refractivity contribution < 1.29 is 4.79 Å². The molecular weight excluding hydrogens is 328 g/mol. The minimum Gasteiger partial charge on any atom is -0.371 e. The summed E-state index contributed by atoms with van der Waals surface area (Å²) in [5.74, 6) is 0.177. The second-order valence-electron chi connectivity index (χ2n) is 5.38. The van der Waals surface area contributed by atoms with Gasteiger partial charge in [0.05, 0.1) is 5.02 Å². The Hall–Kier alpha value is -0.740. The Kier molecular flexibility index (Phi) is 5.68. The molecule has 3 nitrogen and oxygen atoms in total. The zero-order valence-corrected chi connectivity index (χ0v) is 13.8. The third kappa shape index (κ3) is 4.69. The molecule has 0 spiro atoms. The Morgan fingerprint density at radius 2 is 2.16 bits per heavy atom. The van der Waals surface area contributed by atoms with Gasteiger partial charge in [0.15, 0.2) is 0 Å². The first-order valence-electron chi connectivity index (χ1n) is 6.28. The van der Waals surface area contributed by atoms with Gasteiger partial charge in [0.25, 0.3) is 0 Å². The van der Waals surface area contributed by atoms with E-state index in [1.165, 1.54) is 0 Å². The third-order valence-electron chi connectivity index (χ3n) is 3.11. The normalized spacial score (nSPS) is 14.2. The minimum absolute atomic E-state index is 0.348. The van der Waals surface area contributed by atoms with Gasteiger partial charge in [0.1, 0.15) is 5.54 Å². The largest absolute Gasteiger partial charge is 0.371 e. The highest BCUT2D eigenvalue weighted by Crippen LogP contribution is 2.28. The van der Waals surface area contributed by atoms with Crippen LogP contribution in [0.15, 0.2) is 22.7 Å². The number of carbonyl (C=O) groups is 1. The number of carbonyl (C=O) groups excluding carboxylic acids is 1. The number of halogens is 2. The molecule has 0 bridgehead atoms. The molecule has 1 unspecified atom stereocenters. The molecule has 0 heterocycles.